The van der Waals surface area contributed by atoms with Gasteiger partial charge in [-0.2, -0.15) is 5.26 Å². The van der Waals surface area contributed by atoms with E-state index in [-0.39, 0.29) is 13.2 Å². The van der Waals surface area contributed by atoms with E-state index in [1.807, 2.05) is 0 Å². The molecule has 0 saturated heterocycles. The van der Waals surface area contributed by atoms with Crippen molar-refractivity contribution in [1.82, 2.24) is 5.32 Å². The Bertz CT molecular complexity index is 80.1. The number of hydrazine groups is 1. The molecule has 0 radical (unpaired) electrons. The van der Waals surface area contributed by atoms with Crippen LogP contribution in [0.3, 0.4) is 0 Å². The summed E-state index contributed by atoms with van der Waals surface area (Å²) in [5.41, 5.74) is 0. The first-order valence-corrected chi connectivity index (χ1v) is 3.40. The van der Waals surface area contributed by atoms with Crippen LogP contribution in [0.5, 0.6) is 0 Å². The Hall–Kier alpha value is -0.710. The predicted octanol–water partition coefficient (Wildman–Crippen LogP) is -2.09. The zero-order chi connectivity index (χ0) is 10.2. The smallest absolute Gasteiger partial charge is 0.0587 e. The highest BCUT2D eigenvalue weighted by molar-refractivity contribution is 4.51. The molecule has 0 spiro atoms. The molecule has 0 rings (SSSR count). The summed E-state index contributed by atoms with van der Waals surface area (Å²) in [4.78, 5) is 0. The van der Waals surface area contributed by atoms with E-state index >= 15 is 0 Å². The molecule has 0 aromatic rings. The fourth-order valence-electron chi connectivity index (χ4n) is 0.283. The molecule has 0 aromatic carbocycles. The number of nitrogens with two attached hydrogens (primary N) is 2. The van der Waals surface area contributed by atoms with Gasteiger partial charge in [0.1, 0.15) is 0 Å². The average molecular weight is 178 g/mol. The third kappa shape index (κ3) is 59.0. The molecule has 74 valence electrons. The molecule has 0 aliphatic rings. The van der Waals surface area contributed by atoms with Crippen LogP contribution in [0.1, 0.15) is 6.92 Å². The SMILES string of the molecule is CC#N.NN.OCCNCCO. The monoisotopic (exact) mass is 178 g/mol. The quantitative estimate of drug-likeness (QED) is 0.191. The van der Waals surface area contributed by atoms with Crippen LogP contribution in [0.4, 0.5) is 0 Å². The number of aliphatic hydroxyl groups excluding tert-OH is 2. The van der Waals surface area contributed by atoms with Crippen molar-refractivity contribution in [1.29, 1.82) is 5.26 Å². The van der Waals surface area contributed by atoms with Gasteiger partial charge in [-0.1, -0.05) is 0 Å². The van der Waals surface area contributed by atoms with Gasteiger partial charge in [0, 0.05) is 20.0 Å². The van der Waals surface area contributed by atoms with E-state index in [0.717, 1.165) is 0 Å². The van der Waals surface area contributed by atoms with Crippen molar-refractivity contribution >= 4 is 0 Å². The summed E-state index contributed by atoms with van der Waals surface area (Å²) in [6.07, 6.45) is 0. The van der Waals surface area contributed by atoms with Crippen molar-refractivity contribution < 1.29 is 10.2 Å². The van der Waals surface area contributed by atoms with Gasteiger partial charge in [-0.25, -0.2) is 0 Å². The molecule has 0 atom stereocenters. The lowest BCUT2D eigenvalue weighted by molar-refractivity contribution is 0.267. The van der Waals surface area contributed by atoms with Gasteiger partial charge >= 0.3 is 0 Å². The lowest BCUT2D eigenvalue weighted by atomic mass is 10.6. The average Bonchev–Trinajstić information content (AvgIpc) is 2.11. The maximum atomic E-state index is 8.15. The van der Waals surface area contributed by atoms with E-state index in [2.05, 4.69) is 17.0 Å². The summed E-state index contributed by atoms with van der Waals surface area (Å²) in [5.74, 6) is 8.00. The number of nitrogens with zero attached hydrogens (tertiary/aromatic N) is 1. The van der Waals surface area contributed by atoms with Crippen molar-refractivity contribution in [2.45, 2.75) is 6.92 Å². The maximum absolute atomic E-state index is 8.15. The first-order valence-electron chi connectivity index (χ1n) is 3.40. The molecule has 0 aromatic heterocycles. The zero-order valence-corrected chi connectivity index (χ0v) is 7.32. The molecule has 0 unspecified atom stereocenters. The molecular formula is C6H18N4O2. The molecule has 0 heterocycles. The van der Waals surface area contributed by atoms with E-state index in [1.165, 1.54) is 6.92 Å². The topological polar surface area (TPSA) is 128 Å². The predicted molar refractivity (Wildman–Crippen MR) is 46.7 cm³/mol. The van der Waals surface area contributed by atoms with E-state index in [1.54, 1.807) is 6.07 Å². The summed E-state index contributed by atoms with van der Waals surface area (Å²) in [6, 6.07) is 1.75. The van der Waals surface area contributed by atoms with Crippen molar-refractivity contribution in [3.05, 3.63) is 0 Å². The minimum atomic E-state index is 0.139. The third-order valence-corrected chi connectivity index (χ3v) is 0.577. The highest BCUT2D eigenvalue weighted by atomic mass is 16.3. The molecule has 12 heavy (non-hydrogen) atoms. The molecule has 0 aliphatic carbocycles. The Labute approximate surface area is 72.8 Å². The molecule has 0 aliphatic heterocycles. The fourth-order valence-corrected chi connectivity index (χ4v) is 0.283. The first kappa shape index (κ1) is 17.4. The number of rotatable bonds is 4. The van der Waals surface area contributed by atoms with Crippen LogP contribution in [0.2, 0.25) is 0 Å². The van der Waals surface area contributed by atoms with Crippen LogP contribution in [0.25, 0.3) is 0 Å². The van der Waals surface area contributed by atoms with Crippen molar-refractivity contribution in [3.63, 3.8) is 0 Å². The van der Waals surface area contributed by atoms with Crippen LogP contribution < -0.4 is 17.0 Å². The van der Waals surface area contributed by atoms with Crippen LogP contribution in [0.15, 0.2) is 0 Å². The van der Waals surface area contributed by atoms with Gasteiger partial charge in [0.25, 0.3) is 0 Å². The van der Waals surface area contributed by atoms with E-state index in [4.69, 9.17) is 15.5 Å². The molecular weight excluding hydrogens is 160 g/mol. The van der Waals surface area contributed by atoms with Crippen molar-refractivity contribution in [2.24, 2.45) is 11.7 Å². The highest BCUT2D eigenvalue weighted by Gasteiger charge is 1.78. The summed E-state index contributed by atoms with van der Waals surface area (Å²) in [5, 5.41) is 26.4. The number of hydrogen-bond donors (Lipinski definition) is 5. The lowest BCUT2D eigenvalue weighted by Crippen LogP contribution is -2.21. The van der Waals surface area contributed by atoms with Crippen LogP contribution >= 0.6 is 0 Å². The lowest BCUT2D eigenvalue weighted by Gasteiger charge is -1.94. The van der Waals surface area contributed by atoms with Gasteiger partial charge in [0.15, 0.2) is 0 Å². The molecule has 0 saturated carbocycles. The summed E-state index contributed by atoms with van der Waals surface area (Å²) < 4.78 is 0. The first-order chi connectivity index (χ1) is 5.83. The summed E-state index contributed by atoms with van der Waals surface area (Å²) in [7, 11) is 0. The fraction of sp³-hybridized carbons (Fsp3) is 0.833. The molecule has 0 bridgehead atoms. The van der Waals surface area contributed by atoms with Crippen molar-refractivity contribution in [2.75, 3.05) is 26.3 Å². The van der Waals surface area contributed by atoms with E-state index in [0.29, 0.717) is 13.1 Å². The normalized spacial score (nSPS) is 6.67. The van der Waals surface area contributed by atoms with E-state index in [9.17, 15) is 0 Å². The number of aliphatic hydroxyl groups is 2. The Kier molecular flexibility index (Phi) is 46.0. The van der Waals surface area contributed by atoms with Gasteiger partial charge in [-0.15, -0.1) is 0 Å². The van der Waals surface area contributed by atoms with E-state index < -0.39 is 0 Å². The van der Waals surface area contributed by atoms with Crippen LogP contribution in [-0.4, -0.2) is 36.5 Å². The number of hydrogen-bond acceptors (Lipinski definition) is 6. The van der Waals surface area contributed by atoms with Gasteiger partial charge in [0.05, 0.1) is 19.3 Å². The Balaban J connectivity index is -0.000000137. The second-order valence-corrected chi connectivity index (χ2v) is 1.42. The zero-order valence-electron chi connectivity index (χ0n) is 7.32. The Morgan fingerprint density at radius 2 is 1.50 bits per heavy atom. The van der Waals surface area contributed by atoms with Crippen molar-refractivity contribution in [3.8, 4) is 6.07 Å². The number of nitriles is 1. The maximum Gasteiger partial charge on any atom is 0.0587 e. The largest absolute Gasteiger partial charge is 0.395 e. The standard InChI is InChI=1S/C4H11NO2.C2H3N.H4N2/c6-3-1-5-2-4-7;1-2-3;1-2/h5-7H,1-4H2;1H3;1-2H2. The van der Waals surface area contributed by atoms with Crippen LogP contribution in [-0.2, 0) is 0 Å². The van der Waals surface area contributed by atoms with Gasteiger partial charge in [-0.3, -0.25) is 11.7 Å². The van der Waals surface area contributed by atoms with Gasteiger partial charge in [-0.05, 0) is 0 Å². The highest BCUT2D eigenvalue weighted by Crippen LogP contribution is 1.54. The second-order valence-electron chi connectivity index (χ2n) is 1.42. The Morgan fingerprint density at radius 3 is 1.67 bits per heavy atom. The second kappa shape index (κ2) is 31.7. The minimum absolute atomic E-state index is 0.139. The van der Waals surface area contributed by atoms with Gasteiger partial charge < -0.3 is 15.5 Å². The molecule has 0 amide bonds. The molecule has 0 fully saturated rings. The van der Waals surface area contributed by atoms with Crippen LogP contribution in [0, 0.1) is 11.3 Å². The third-order valence-electron chi connectivity index (χ3n) is 0.577. The molecule has 6 heteroatoms. The summed E-state index contributed by atoms with van der Waals surface area (Å²) >= 11 is 0. The van der Waals surface area contributed by atoms with Gasteiger partial charge in [0.2, 0.25) is 0 Å². The molecule has 6 nitrogen and oxygen atoms in total. The minimum Gasteiger partial charge on any atom is -0.395 e. The Morgan fingerprint density at radius 1 is 1.25 bits per heavy atom. The molecule has 7 N–H and O–H groups in total. The number of nitrogens with one attached hydrogen (secondary N) is 1. The summed E-state index contributed by atoms with van der Waals surface area (Å²) in [6.45, 7) is 2.85.